The van der Waals surface area contributed by atoms with Gasteiger partial charge in [0.2, 0.25) is 17.7 Å². The van der Waals surface area contributed by atoms with E-state index in [1.807, 2.05) is 33.0 Å². The lowest BCUT2D eigenvalue weighted by atomic mass is 9.94. The summed E-state index contributed by atoms with van der Waals surface area (Å²) in [6.07, 6.45) is 8.00. The Morgan fingerprint density at radius 1 is 0.588 bits per heavy atom. The maximum atomic E-state index is 13.0. The Labute approximate surface area is 466 Å². The number of para-hydroxylation sites is 1. The molecule has 3 fully saturated rings. The highest BCUT2D eigenvalue weighted by Crippen LogP contribution is 2.39. The topological polar surface area (TPSA) is 137 Å². The van der Waals surface area contributed by atoms with E-state index >= 15 is 0 Å². The van der Waals surface area contributed by atoms with Crippen molar-refractivity contribution >= 4 is 51.8 Å². The van der Waals surface area contributed by atoms with Crippen LogP contribution >= 0.6 is 0 Å². The van der Waals surface area contributed by atoms with Crippen LogP contribution < -0.4 is 4.90 Å². The third kappa shape index (κ3) is 9.56. The number of hydrogen-bond donors (Lipinski definition) is 1. The van der Waals surface area contributed by atoms with E-state index in [4.69, 9.17) is 0 Å². The lowest BCUT2D eigenvalue weighted by Gasteiger charge is -2.43. The summed E-state index contributed by atoms with van der Waals surface area (Å²) in [6, 6.07) is 41.0. The third-order valence-electron chi connectivity index (χ3n) is 17.3. The molecular formula is C66H65N9O5. The van der Waals surface area contributed by atoms with Gasteiger partial charge in [0.25, 0.3) is 11.8 Å². The molecule has 8 heterocycles. The highest BCUT2D eigenvalue weighted by atomic mass is 16.2. The van der Waals surface area contributed by atoms with Crippen LogP contribution in [0.3, 0.4) is 0 Å². The molecule has 7 aromatic rings. The van der Waals surface area contributed by atoms with Crippen LogP contribution in [0.1, 0.15) is 66.6 Å². The van der Waals surface area contributed by atoms with Gasteiger partial charge in [-0.2, -0.15) is 5.10 Å². The van der Waals surface area contributed by atoms with E-state index in [-0.39, 0.29) is 41.6 Å². The number of rotatable bonds is 10. The van der Waals surface area contributed by atoms with Crippen molar-refractivity contribution in [1.29, 1.82) is 0 Å². The molecule has 6 aromatic carbocycles. The van der Waals surface area contributed by atoms with Gasteiger partial charge in [-0.05, 0) is 136 Å². The van der Waals surface area contributed by atoms with Gasteiger partial charge in [0.1, 0.15) is 0 Å². The number of carbonyl (C=O) groups excluding carboxylic acids is 5. The van der Waals surface area contributed by atoms with Crippen LogP contribution in [0.25, 0.3) is 33.2 Å². The second-order valence-electron chi connectivity index (χ2n) is 21.9. The Bertz CT molecular complexity index is 3680. The van der Waals surface area contributed by atoms with Crippen molar-refractivity contribution in [3.63, 3.8) is 0 Å². The fraction of sp³-hybridized carbons (Fsp3) is 0.273. The lowest BCUT2D eigenvalue weighted by molar-refractivity contribution is -0.133. The molecule has 0 saturated carbocycles. The van der Waals surface area contributed by atoms with Gasteiger partial charge in [0.05, 0.1) is 23.8 Å². The van der Waals surface area contributed by atoms with E-state index in [1.165, 1.54) is 68.2 Å². The van der Waals surface area contributed by atoms with Gasteiger partial charge in [-0.15, -0.1) is 0 Å². The fourth-order valence-corrected chi connectivity index (χ4v) is 12.4. The minimum absolute atomic E-state index is 0.0360. The Balaban J connectivity index is 0.000000119. The molecule has 14 nitrogen and oxygen atoms in total. The second kappa shape index (κ2) is 21.4. The van der Waals surface area contributed by atoms with E-state index < -0.39 is 0 Å². The summed E-state index contributed by atoms with van der Waals surface area (Å²) in [5, 5.41) is 8.45. The average molecular weight is 1060 g/mol. The predicted molar refractivity (Wildman–Crippen MR) is 312 cm³/mol. The zero-order valence-electron chi connectivity index (χ0n) is 45.4. The maximum absolute atomic E-state index is 13.0. The molecule has 0 atom stereocenters. The SMILES string of the molecule is C=CC(=O)N1CC(N2Cc3ccc(-c4c(C)ccc5[nH]ncc45)cc3C2)C1.C=CC(=O)N1CC(N2Cc3ccc(-c4cccc(CC)c4)cc3C2=O)C1.C=CC(=O)N1CC(N2Cc3ccc(N4CCc5ccccc54)cc3C2=O)C1. The number of carbonyl (C=O) groups is 5. The van der Waals surface area contributed by atoms with E-state index in [1.54, 1.807) is 9.80 Å². The Morgan fingerprint density at radius 2 is 1.18 bits per heavy atom. The van der Waals surface area contributed by atoms with Crippen LogP contribution in [0.15, 0.2) is 159 Å². The number of fused-ring (bicyclic) bond motifs is 5. The molecule has 0 radical (unpaired) electrons. The summed E-state index contributed by atoms with van der Waals surface area (Å²) in [5.41, 5.74) is 18.5. The summed E-state index contributed by atoms with van der Waals surface area (Å²) < 4.78 is 0. The number of benzene rings is 6. The average Bonchev–Trinajstić information content (AvgIpc) is 4.36. The van der Waals surface area contributed by atoms with Crippen molar-refractivity contribution in [2.75, 3.05) is 50.7 Å². The standard InChI is InChI=1S/C22H22N4O.C22H21N3O2.C22H22N2O2/c1-3-21(27)26-12-18(13-26)25-10-16-6-5-15(8-17(16)11-25)22-14(2)4-7-20-19(22)9-23-24-20;1-2-21(26)23-13-18(14-23)25-12-16-7-8-17(11-19(16)22(25)27)24-10-9-15-5-3-4-6-20(15)24;1-3-15-6-5-7-16(10-15)17-8-9-18-12-24(22(26)20(18)11-17)19-13-23(14-19)21(25)4-2/h3-9,18H,1,10-13H2,2H3,(H,23,24);2-8,11,18H,1,9-10,12-14H2;4-11,19H,2-3,12-14H2,1H3. The second-order valence-corrected chi connectivity index (χ2v) is 21.9. The van der Waals surface area contributed by atoms with E-state index in [0.29, 0.717) is 45.3 Å². The van der Waals surface area contributed by atoms with Gasteiger partial charge >= 0.3 is 0 Å². The summed E-state index contributed by atoms with van der Waals surface area (Å²) in [5.74, 6) is 0.0575. The molecule has 404 valence electrons. The van der Waals surface area contributed by atoms with Gasteiger partial charge in [-0.1, -0.05) is 106 Å². The van der Waals surface area contributed by atoms with Crippen LogP contribution in [0.5, 0.6) is 0 Å². The predicted octanol–water partition coefficient (Wildman–Crippen LogP) is 9.25. The first kappa shape index (κ1) is 51.9. The molecule has 80 heavy (non-hydrogen) atoms. The molecule has 3 saturated heterocycles. The van der Waals surface area contributed by atoms with Gasteiger partial charge in [0.15, 0.2) is 0 Å². The van der Waals surface area contributed by atoms with Crippen molar-refractivity contribution < 1.29 is 24.0 Å². The number of aromatic amines is 1. The minimum atomic E-state index is -0.0662. The molecule has 7 aliphatic rings. The van der Waals surface area contributed by atoms with Gasteiger partial charge in [-0.25, -0.2) is 0 Å². The fourth-order valence-electron chi connectivity index (χ4n) is 12.4. The zero-order valence-corrected chi connectivity index (χ0v) is 45.4. The molecule has 0 aliphatic carbocycles. The molecule has 0 bridgehead atoms. The Hall–Kier alpha value is -8.88. The first-order valence-corrected chi connectivity index (χ1v) is 27.8. The van der Waals surface area contributed by atoms with E-state index in [2.05, 4.69) is 157 Å². The first-order chi connectivity index (χ1) is 38.9. The third-order valence-corrected chi connectivity index (χ3v) is 17.3. The monoisotopic (exact) mass is 1060 g/mol. The molecule has 0 spiro atoms. The molecule has 1 N–H and O–H groups in total. The summed E-state index contributed by atoms with van der Waals surface area (Å²) >= 11 is 0. The molecule has 14 rings (SSSR count). The molecule has 7 aliphatic heterocycles. The summed E-state index contributed by atoms with van der Waals surface area (Å²) in [6.45, 7) is 23.0. The number of likely N-dealkylation sites (tertiary alicyclic amines) is 3. The lowest BCUT2D eigenvalue weighted by Crippen LogP contribution is -2.60. The van der Waals surface area contributed by atoms with Crippen molar-refractivity contribution in [1.82, 2.24) is 39.6 Å². The van der Waals surface area contributed by atoms with Crippen molar-refractivity contribution in [3.05, 3.63) is 209 Å². The molecule has 1 aromatic heterocycles. The molecule has 14 heteroatoms. The van der Waals surface area contributed by atoms with Crippen molar-refractivity contribution in [2.24, 2.45) is 0 Å². The number of aromatic nitrogens is 2. The Morgan fingerprint density at radius 3 is 1.84 bits per heavy atom. The highest BCUT2D eigenvalue weighted by Gasteiger charge is 2.42. The molecule has 0 unspecified atom stereocenters. The first-order valence-electron chi connectivity index (χ1n) is 27.8. The number of aryl methyl sites for hydroxylation is 2. The quantitative estimate of drug-likeness (QED) is 0.134. The van der Waals surface area contributed by atoms with Crippen LogP contribution in [-0.2, 0) is 53.4 Å². The largest absolute Gasteiger partial charge is 0.341 e. The van der Waals surface area contributed by atoms with Crippen molar-refractivity contribution in [2.45, 2.75) is 71.0 Å². The normalized spacial score (nSPS) is 17.3. The smallest absolute Gasteiger partial charge is 0.254 e. The number of nitrogens with zero attached hydrogens (tertiary/aromatic N) is 8. The number of H-pyrrole nitrogens is 1. The number of nitrogens with one attached hydrogen (secondary N) is 1. The van der Waals surface area contributed by atoms with Crippen LogP contribution in [0, 0.1) is 6.92 Å². The minimum Gasteiger partial charge on any atom is -0.341 e. The maximum Gasteiger partial charge on any atom is 0.254 e. The van der Waals surface area contributed by atoms with Crippen LogP contribution in [0.2, 0.25) is 0 Å². The zero-order chi connectivity index (χ0) is 55.3. The van der Waals surface area contributed by atoms with Crippen LogP contribution in [0.4, 0.5) is 11.4 Å². The number of hydrogen-bond acceptors (Lipinski definition) is 8. The van der Waals surface area contributed by atoms with Gasteiger partial charge in [-0.3, -0.25) is 34.0 Å². The van der Waals surface area contributed by atoms with Gasteiger partial charge < -0.3 is 29.4 Å². The highest BCUT2D eigenvalue weighted by molar-refractivity contribution is 6.01. The number of anilines is 2. The summed E-state index contributed by atoms with van der Waals surface area (Å²) in [4.78, 5) is 74.7. The van der Waals surface area contributed by atoms with Gasteiger partial charge in [0, 0.05) is 106 Å². The van der Waals surface area contributed by atoms with Crippen LogP contribution in [-0.4, -0.2) is 133 Å². The summed E-state index contributed by atoms with van der Waals surface area (Å²) in [7, 11) is 0. The molecular weight excluding hydrogens is 999 g/mol. The van der Waals surface area contributed by atoms with E-state index in [9.17, 15) is 24.0 Å². The molecule has 5 amide bonds. The van der Waals surface area contributed by atoms with E-state index in [0.717, 1.165) is 90.2 Å². The van der Waals surface area contributed by atoms with Crippen molar-refractivity contribution in [3.8, 4) is 22.3 Å². The Kier molecular flexibility index (Phi) is 13.9. The number of amides is 5.